The number of carbonyl (C=O) groups excluding carboxylic acids is 1. The van der Waals surface area contributed by atoms with Crippen molar-refractivity contribution in [3.05, 3.63) is 89.1 Å². The fourth-order valence-corrected chi connectivity index (χ4v) is 2.36. The molecule has 0 aliphatic heterocycles. The second-order valence-corrected chi connectivity index (χ2v) is 5.83. The van der Waals surface area contributed by atoms with E-state index in [2.05, 4.69) is 15.5 Å². The van der Waals surface area contributed by atoms with Crippen molar-refractivity contribution in [1.29, 1.82) is 0 Å². The van der Waals surface area contributed by atoms with E-state index in [1.807, 2.05) is 0 Å². The minimum atomic E-state index is -5.09. The van der Waals surface area contributed by atoms with Gasteiger partial charge in [0.1, 0.15) is 11.3 Å². The summed E-state index contributed by atoms with van der Waals surface area (Å²) < 4.78 is 70.6. The molecular formula is C20H12F5N3O2. The zero-order chi connectivity index (χ0) is 21.7. The van der Waals surface area contributed by atoms with Gasteiger partial charge in [0.15, 0.2) is 11.6 Å². The highest BCUT2D eigenvalue weighted by Crippen LogP contribution is 2.32. The SMILES string of the molecule is O=C(NN=Cc1cc(F)c(F)c(C(F)(F)F)c1)c1cccnc1Oc1ccccc1. The number of nitrogens with zero attached hydrogens (tertiary/aromatic N) is 2. The van der Waals surface area contributed by atoms with Crippen LogP contribution in [0.5, 0.6) is 11.6 Å². The summed E-state index contributed by atoms with van der Waals surface area (Å²) >= 11 is 0. The predicted octanol–water partition coefficient (Wildman–Crippen LogP) is 4.93. The van der Waals surface area contributed by atoms with Gasteiger partial charge < -0.3 is 4.74 Å². The Morgan fingerprint density at radius 2 is 1.80 bits per heavy atom. The first kappa shape index (κ1) is 20.9. The quantitative estimate of drug-likeness (QED) is 0.361. The van der Waals surface area contributed by atoms with Gasteiger partial charge in [-0.3, -0.25) is 4.79 Å². The molecule has 0 radical (unpaired) electrons. The third-order valence-electron chi connectivity index (χ3n) is 3.71. The van der Waals surface area contributed by atoms with Crippen molar-refractivity contribution in [3.63, 3.8) is 0 Å². The number of halogens is 5. The Balaban J connectivity index is 1.77. The Hall–Kier alpha value is -3.82. The third kappa shape index (κ3) is 4.96. The van der Waals surface area contributed by atoms with Crippen molar-refractivity contribution < 1.29 is 31.5 Å². The van der Waals surface area contributed by atoms with E-state index in [-0.39, 0.29) is 11.4 Å². The number of ether oxygens (including phenoxy) is 1. The topological polar surface area (TPSA) is 63.6 Å². The van der Waals surface area contributed by atoms with Crippen LogP contribution in [-0.4, -0.2) is 17.1 Å². The summed E-state index contributed by atoms with van der Waals surface area (Å²) in [6.45, 7) is 0. The second-order valence-electron chi connectivity index (χ2n) is 5.83. The van der Waals surface area contributed by atoms with Crippen LogP contribution in [0.1, 0.15) is 21.5 Å². The summed E-state index contributed by atoms with van der Waals surface area (Å²) in [5, 5.41) is 3.50. The van der Waals surface area contributed by atoms with Crippen LogP contribution in [0.25, 0.3) is 0 Å². The van der Waals surface area contributed by atoms with E-state index in [0.717, 1.165) is 6.21 Å². The molecule has 2 aromatic carbocycles. The van der Waals surface area contributed by atoms with Gasteiger partial charge in [-0.2, -0.15) is 18.3 Å². The van der Waals surface area contributed by atoms with Crippen LogP contribution in [-0.2, 0) is 6.18 Å². The minimum absolute atomic E-state index is 0.000213. The normalized spacial score (nSPS) is 11.5. The lowest BCUT2D eigenvalue weighted by Crippen LogP contribution is -2.19. The summed E-state index contributed by atoms with van der Waals surface area (Å²) in [4.78, 5) is 16.3. The molecule has 0 bridgehead atoms. The Bertz CT molecular complexity index is 1090. The summed E-state index contributed by atoms with van der Waals surface area (Å²) in [5.74, 6) is -4.08. The number of rotatable bonds is 5. The molecule has 1 aromatic heterocycles. The van der Waals surface area contributed by atoms with Gasteiger partial charge in [0, 0.05) is 6.20 Å². The van der Waals surface area contributed by atoms with Gasteiger partial charge >= 0.3 is 6.18 Å². The number of hydrogen-bond donors (Lipinski definition) is 1. The van der Waals surface area contributed by atoms with E-state index >= 15 is 0 Å². The molecule has 0 saturated carbocycles. The number of hydrogen-bond acceptors (Lipinski definition) is 4. The number of nitrogens with one attached hydrogen (secondary N) is 1. The van der Waals surface area contributed by atoms with Gasteiger partial charge in [0.05, 0.1) is 11.8 Å². The molecule has 3 rings (SSSR count). The molecule has 0 atom stereocenters. The van der Waals surface area contributed by atoms with Gasteiger partial charge in [0.25, 0.3) is 5.91 Å². The Kier molecular flexibility index (Phi) is 6.05. The predicted molar refractivity (Wildman–Crippen MR) is 97.2 cm³/mol. The van der Waals surface area contributed by atoms with Crippen LogP contribution in [0.4, 0.5) is 22.0 Å². The van der Waals surface area contributed by atoms with Crippen LogP contribution >= 0.6 is 0 Å². The second kappa shape index (κ2) is 8.68. The number of pyridine rings is 1. The summed E-state index contributed by atoms with van der Waals surface area (Å²) in [5.41, 5.74) is -0.0930. The van der Waals surface area contributed by atoms with E-state index in [1.165, 1.54) is 18.3 Å². The number of hydrazone groups is 1. The Morgan fingerprint density at radius 1 is 1.07 bits per heavy atom. The number of carbonyl (C=O) groups is 1. The molecule has 0 fully saturated rings. The number of amides is 1. The van der Waals surface area contributed by atoms with Crippen LogP contribution in [0.3, 0.4) is 0 Å². The smallest absolute Gasteiger partial charge is 0.419 e. The molecule has 1 amide bonds. The number of aromatic nitrogens is 1. The lowest BCUT2D eigenvalue weighted by atomic mass is 10.1. The Labute approximate surface area is 166 Å². The fourth-order valence-electron chi connectivity index (χ4n) is 2.36. The first-order valence-corrected chi connectivity index (χ1v) is 8.33. The minimum Gasteiger partial charge on any atom is -0.438 e. The Morgan fingerprint density at radius 3 is 2.50 bits per heavy atom. The van der Waals surface area contributed by atoms with Crippen molar-refractivity contribution in [2.45, 2.75) is 6.18 Å². The number of alkyl halides is 3. The van der Waals surface area contributed by atoms with Gasteiger partial charge in [0.2, 0.25) is 5.88 Å². The molecule has 10 heteroatoms. The van der Waals surface area contributed by atoms with Crippen molar-refractivity contribution in [2.24, 2.45) is 5.10 Å². The maximum Gasteiger partial charge on any atom is 0.419 e. The molecule has 0 aliphatic rings. The summed E-state index contributed by atoms with van der Waals surface area (Å²) in [7, 11) is 0. The summed E-state index contributed by atoms with van der Waals surface area (Å²) in [6.07, 6.45) is -2.93. The fraction of sp³-hybridized carbons (Fsp3) is 0.0500. The van der Waals surface area contributed by atoms with Crippen molar-refractivity contribution in [3.8, 4) is 11.6 Å². The molecular weight excluding hydrogens is 409 g/mol. The molecule has 154 valence electrons. The molecule has 30 heavy (non-hydrogen) atoms. The van der Waals surface area contributed by atoms with Crippen LogP contribution in [0.15, 0.2) is 65.9 Å². The largest absolute Gasteiger partial charge is 0.438 e. The molecule has 0 saturated heterocycles. The molecule has 1 heterocycles. The highest BCUT2D eigenvalue weighted by Gasteiger charge is 2.35. The van der Waals surface area contributed by atoms with Crippen molar-refractivity contribution in [1.82, 2.24) is 10.4 Å². The maximum atomic E-state index is 13.4. The molecule has 0 unspecified atom stereocenters. The molecule has 0 spiro atoms. The van der Waals surface area contributed by atoms with Crippen LogP contribution in [0.2, 0.25) is 0 Å². The third-order valence-corrected chi connectivity index (χ3v) is 3.71. The van der Waals surface area contributed by atoms with Gasteiger partial charge in [-0.1, -0.05) is 18.2 Å². The number of benzene rings is 2. The standard InChI is InChI=1S/C20H12F5N3O2/c21-16-10-12(9-15(17(16)22)20(23,24)25)11-27-28-18(29)14-7-4-8-26-19(14)30-13-5-2-1-3-6-13/h1-11H,(H,28,29). The molecule has 1 N–H and O–H groups in total. The lowest BCUT2D eigenvalue weighted by Gasteiger charge is -2.09. The van der Waals surface area contributed by atoms with E-state index in [0.29, 0.717) is 17.9 Å². The number of para-hydroxylation sites is 1. The monoisotopic (exact) mass is 421 g/mol. The molecule has 3 aromatic rings. The van der Waals surface area contributed by atoms with Crippen molar-refractivity contribution in [2.75, 3.05) is 0 Å². The van der Waals surface area contributed by atoms with E-state index in [1.54, 1.807) is 30.3 Å². The average molecular weight is 421 g/mol. The van der Waals surface area contributed by atoms with Crippen LogP contribution in [0, 0.1) is 11.6 Å². The van der Waals surface area contributed by atoms with Crippen molar-refractivity contribution >= 4 is 12.1 Å². The molecule has 5 nitrogen and oxygen atoms in total. The maximum absolute atomic E-state index is 13.4. The highest BCUT2D eigenvalue weighted by atomic mass is 19.4. The molecule has 0 aliphatic carbocycles. The zero-order valence-corrected chi connectivity index (χ0v) is 15.0. The first-order valence-electron chi connectivity index (χ1n) is 8.33. The van der Waals surface area contributed by atoms with E-state index in [9.17, 15) is 26.7 Å². The lowest BCUT2D eigenvalue weighted by molar-refractivity contribution is -0.140. The van der Waals surface area contributed by atoms with Gasteiger partial charge in [-0.05, 0) is 42.0 Å². The van der Waals surface area contributed by atoms with E-state index in [4.69, 9.17) is 4.74 Å². The van der Waals surface area contributed by atoms with Crippen LogP contribution < -0.4 is 10.2 Å². The zero-order valence-electron chi connectivity index (χ0n) is 15.0. The highest BCUT2D eigenvalue weighted by molar-refractivity contribution is 5.97. The van der Waals surface area contributed by atoms with Gasteiger partial charge in [-0.25, -0.2) is 19.2 Å². The average Bonchev–Trinajstić information content (AvgIpc) is 2.70. The van der Waals surface area contributed by atoms with E-state index < -0.39 is 34.8 Å². The summed E-state index contributed by atoms with van der Waals surface area (Å²) in [6, 6.07) is 12.3. The first-order chi connectivity index (χ1) is 14.3. The van der Waals surface area contributed by atoms with Gasteiger partial charge in [-0.15, -0.1) is 0 Å².